The lowest BCUT2D eigenvalue weighted by Gasteiger charge is -2.20. The first-order valence-corrected chi connectivity index (χ1v) is 8.86. The average Bonchev–Trinajstić information content (AvgIpc) is 2.52. The number of ether oxygens (including phenoxy) is 1. The first kappa shape index (κ1) is 16.5. The number of benzene rings is 1. The smallest absolute Gasteiger partial charge is 0.251 e. The molecule has 1 aliphatic carbocycles. The van der Waals surface area contributed by atoms with Gasteiger partial charge in [-0.2, -0.15) is 11.8 Å². The van der Waals surface area contributed by atoms with E-state index >= 15 is 0 Å². The van der Waals surface area contributed by atoms with Crippen molar-refractivity contribution in [1.29, 1.82) is 0 Å². The third kappa shape index (κ3) is 5.11. The summed E-state index contributed by atoms with van der Waals surface area (Å²) in [4.78, 5) is 12.0. The number of rotatable bonds is 6. The number of thioether (sulfide) groups is 1. The number of hydrogen-bond donors (Lipinski definition) is 1. The lowest BCUT2D eigenvalue weighted by atomic mass is 10.0. The van der Waals surface area contributed by atoms with Gasteiger partial charge in [0.05, 0.1) is 12.1 Å². The van der Waals surface area contributed by atoms with Crippen LogP contribution in [-0.2, 0) is 0 Å². The minimum absolute atomic E-state index is 0.0798. The van der Waals surface area contributed by atoms with Crippen LogP contribution in [0, 0.1) is 0 Å². The van der Waals surface area contributed by atoms with Crippen molar-refractivity contribution in [2.24, 2.45) is 0 Å². The summed E-state index contributed by atoms with van der Waals surface area (Å²) in [6, 6.07) is 5.09. The van der Waals surface area contributed by atoms with E-state index in [2.05, 4.69) is 5.32 Å². The molecule has 0 atom stereocenters. The van der Waals surface area contributed by atoms with Crippen LogP contribution in [0.5, 0.6) is 5.75 Å². The second-order valence-electron chi connectivity index (χ2n) is 5.24. The summed E-state index contributed by atoms with van der Waals surface area (Å²) in [7, 11) is 1.56. The van der Waals surface area contributed by atoms with Crippen LogP contribution in [0.25, 0.3) is 0 Å². The zero-order valence-electron chi connectivity index (χ0n) is 12.4. The molecule has 1 aromatic rings. The summed E-state index contributed by atoms with van der Waals surface area (Å²) in [5.74, 6) is 1.48. The molecule has 2 rings (SSSR count). The number of carbonyl (C=O) groups is 1. The standard InChI is InChI=1S/C16H22ClNO2S/c1-20-15-8-7-12(11-14(15)17)16(19)18-9-10-21-13-5-3-2-4-6-13/h7-8,11,13H,2-6,9-10H2,1H3,(H,18,19). The Hall–Kier alpha value is -0.870. The van der Waals surface area contributed by atoms with E-state index in [4.69, 9.17) is 16.3 Å². The van der Waals surface area contributed by atoms with Gasteiger partial charge in [0, 0.05) is 23.1 Å². The maximum atomic E-state index is 12.0. The first-order valence-electron chi connectivity index (χ1n) is 7.44. The molecule has 0 spiro atoms. The van der Waals surface area contributed by atoms with Gasteiger partial charge >= 0.3 is 0 Å². The summed E-state index contributed by atoms with van der Waals surface area (Å²) < 4.78 is 5.08. The Morgan fingerprint density at radius 2 is 2.14 bits per heavy atom. The van der Waals surface area contributed by atoms with Gasteiger partial charge in [-0.25, -0.2) is 0 Å². The predicted octanol–water partition coefficient (Wildman–Crippen LogP) is 4.14. The van der Waals surface area contributed by atoms with E-state index in [-0.39, 0.29) is 5.91 Å². The molecule has 1 fully saturated rings. The van der Waals surface area contributed by atoms with Crippen molar-refractivity contribution in [2.45, 2.75) is 37.4 Å². The van der Waals surface area contributed by atoms with Gasteiger partial charge in [0.15, 0.2) is 0 Å². The molecule has 0 heterocycles. The molecule has 0 saturated heterocycles. The van der Waals surface area contributed by atoms with Crippen LogP contribution >= 0.6 is 23.4 Å². The summed E-state index contributed by atoms with van der Waals surface area (Å²) in [5.41, 5.74) is 0.573. The van der Waals surface area contributed by atoms with Crippen molar-refractivity contribution < 1.29 is 9.53 Å². The van der Waals surface area contributed by atoms with Gasteiger partial charge in [0.2, 0.25) is 0 Å². The lowest BCUT2D eigenvalue weighted by Crippen LogP contribution is -2.26. The van der Waals surface area contributed by atoms with Crippen LogP contribution in [0.4, 0.5) is 0 Å². The molecular formula is C16H22ClNO2S. The molecule has 1 aromatic carbocycles. The number of methoxy groups -OCH3 is 1. The van der Waals surface area contributed by atoms with Crippen LogP contribution in [0.2, 0.25) is 5.02 Å². The van der Waals surface area contributed by atoms with Crippen LogP contribution < -0.4 is 10.1 Å². The Labute approximate surface area is 135 Å². The van der Waals surface area contributed by atoms with Crippen LogP contribution in [0.15, 0.2) is 18.2 Å². The van der Waals surface area contributed by atoms with Crippen molar-refractivity contribution >= 4 is 29.3 Å². The summed E-state index contributed by atoms with van der Waals surface area (Å²) in [6.07, 6.45) is 6.74. The molecular weight excluding hydrogens is 306 g/mol. The van der Waals surface area contributed by atoms with E-state index in [0.29, 0.717) is 22.9 Å². The average molecular weight is 328 g/mol. The first-order chi connectivity index (χ1) is 10.2. The molecule has 3 nitrogen and oxygen atoms in total. The van der Waals surface area contributed by atoms with Gasteiger partial charge in [-0.05, 0) is 31.0 Å². The molecule has 0 unspecified atom stereocenters. The zero-order valence-corrected chi connectivity index (χ0v) is 13.9. The molecule has 1 aliphatic rings. The van der Waals surface area contributed by atoms with E-state index < -0.39 is 0 Å². The van der Waals surface area contributed by atoms with Crippen molar-refractivity contribution in [1.82, 2.24) is 5.32 Å². The van der Waals surface area contributed by atoms with E-state index in [1.165, 1.54) is 32.1 Å². The summed E-state index contributed by atoms with van der Waals surface area (Å²) >= 11 is 8.01. The fraction of sp³-hybridized carbons (Fsp3) is 0.562. The van der Waals surface area contributed by atoms with E-state index in [1.54, 1.807) is 25.3 Å². The Kier molecular flexibility index (Phi) is 6.71. The fourth-order valence-corrected chi connectivity index (χ4v) is 4.01. The molecule has 0 radical (unpaired) electrons. The third-order valence-corrected chi connectivity index (χ3v) is 5.39. The van der Waals surface area contributed by atoms with Gasteiger partial charge in [0.25, 0.3) is 5.91 Å². The molecule has 1 N–H and O–H groups in total. The van der Waals surface area contributed by atoms with Gasteiger partial charge in [-0.15, -0.1) is 0 Å². The third-order valence-electron chi connectivity index (χ3n) is 3.71. The highest BCUT2D eigenvalue weighted by molar-refractivity contribution is 7.99. The highest BCUT2D eigenvalue weighted by Crippen LogP contribution is 2.28. The van der Waals surface area contributed by atoms with Crippen molar-refractivity contribution in [3.05, 3.63) is 28.8 Å². The van der Waals surface area contributed by atoms with Gasteiger partial charge < -0.3 is 10.1 Å². The number of carbonyl (C=O) groups excluding carboxylic acids is 1. The topological polar surface area (TPSA) is 38.3 Å². The normalized spacial score (nSPS) is 15.7. The van der Waals surface area contributed by atoms with Crippen LogP contribution in [0.1, 0.15) is 42.5 Å². The predicted molar refractivity (Wildman–Crippen MR) is 89.7 cm³/mol. The largest absolute Gasteiger partial charge is 0.495 e. The molecule has 0 aromatic heterocycles. The van der Waals surface area contributed by atoms with Crippen molar-refractivity contribution in [3.8, 4) is 5.75 Å². The van der Waals surface area contributed by atoms with E-state index in [0.717, 1.165) is 11.0 Å². The second kappa shape index (κ2) is 8.54. The maximum absolute atomic E-state index is 12.0. The summed E-state index contributed by atoms with van der Waals surface area (Å²) in [6.45, 7) is 0.698. The van der Waals surface area contributed by atoms with Crippen molar-refractivity contribution in [2.75, 3.05) is 19.4 Å². The maximum Gasteiger partial charge on any atom is 0.251 e. The van der Waals surface area contributed by atoms with Crippen molar-refractivity contribution in [3.63, 3.8) is 0 Å². The molecule has 0 bridgehead atoms. The minimum atomic E-state index is -0.0798. The highest BCUT2D eigenvalue weighted by atomic mass is 35.5. The summed E-state index contributed by atoms with van der Waals surface area (Å²) in [5, 5.41) is 4.19. The monoisotopic (exact) mass is 327 g/mol. The van der Waals surface area contributed by atoms with Crippen LogP contribution in [0.3, 0.4) is 0 Å². The highest BCUT2D eigenvalue weighted by Gasteiger charge is 2.13. The number of nitrogens with one attached hydrogen (secondary N) is 1. The fourth-order valence-electron chi connectivity index (χ4n) is 2.53. The molecule has 21 heavy (non-hydrogen) atoms. The molecule has 1 saturated carbocycles. The van der Waals surface area contributed by atoms with E-state index in [9.17, 15) is 4.79 Å². The zero-order chi connectivity index (χ0) is 15.1. The van der Waals surface area contributed by atoms with Gasteiger partial charge in [-0.3, -0.25) is 4.79 Å². The molecule has 116 valence electrons. The Bertz CT molecular complexity index is 475. The van der Waals surface area contributed by atoms with E-state index in [1.807, 2.05) is 11.8 Å². The quantitative estimate of drug-likeness (QED) is 0.798. The molecule has 1 amide bonds. The number of hydrogen-bond acceptors (Lipinski definition) is 3. The number of amides is 1. The minimum Gasteiger partial charge on any atom is -0.495 e. The Morgan fingerprint density at radius 1 is 1.38 bits per heavy atom. The van der Waals surface area contributed by atoms with Gasteiger partial charge in [0.1, 0.15) is 5.75 Å². The Morgan fingerprint density at radius 3 is 2.81 bits per heavy atom. The molecule has 5 heteroatoms. The Balaban J connectivity index is 1.72. The van der Waals surface area contributed by atoms with Gasteiger partial charge in [-0.1, -0.05) is 30.9 Å². The second-order valence-corrected chi connectivity index (χ2v) is 7.05. The molecule has 0 aliphatic heterocycles. The van der Waals surface area contributed by atoms with Crippen LogP contribution in [-0.4, -0.2) is 30.6 Å². The SMILES string of the molecule is COc1ccc(C(=O)NCCSC2CCCCC2)cc1Cl. The lowest BCUT2D eigenvalue weighted by molar-refractivity contribution is 0.0956. The number of halogens is 1.